The van der Waals surface area contributed by atoms with Crippen LogP contribution < -0.4 is 4.90 Å². The molecule has 0 N–H and O–H groups in total. The van der Waals surface area contributed by atoms with Gasteiger partial charge in [0.2, 0.25) is 0 Å². The third-order valence-electron chi connectivity index (χ3n) is 3.53. The average molecular weight is 298 g/mol. The molecule has 0 spiro atoms. The average Bonchev–Trinajstić information content (AvgIpc) is 2.54. The van der Waals surface area contributed by atoms with E-state index in [0.717, 1.165) is 23.3 Å². The van der Waals surface area contributed by atoms with Crippen LogP contribution in [0.15, 0.2) is 55.0 Å². The maximum absolute atomic E-state index is 6.01. The maximum Gasteiger partial charge on any atom is 0.136 e. The molecule has 0 aliphatic carbocycles. The molecule has 0 bridgehead atoms. The van der Waals surface area contributed by atoms with Crippen LogP contribution in [0.3, 0.4) is 0 Å². The molecule has 0 fully saturated rings. The third-order valence-corrected chi connectivity index (χ3v) is 3.82. The van der Waals surface area contributed by atoms with Gasteiger partial charge in [0.05, 0.1) is 0 Å². The number of nitrogens with zero attached hydrogens (tertiary/aromatic N) is 3. The van der Waals surface area contributed by atoms with E-state index in [-0.39, 0.29) is 0 Å². The molecule has 0 amide bonds. The van der Waals surface area contributed by atoms with E-state index < -0.39 is 0 Å². The van der Waals surface area contributed by atoms with Gasteiger partial charge in [-0.15, -0.1) is 11.6 Å². The second kappa shape index (κ2) is 6.10. The first-order valence-corrected chi connectivity index (χ1v) is 7.35. The quantitative estimate of drug-likeness (QED) is 0.682. The Morgan fingerprint density at radius 3 is 2.48 bits per heavy atom. The van der Waals surface area contributed by atoms with E-state index in [1.807, 2.05) is 42.9 Å². The highest BCUT2D eigenvalue weighted by Crippen LogP contribution is 2.28. The number of benzene rings is 1. The molecule has 0 radical (unpaired) electrons. The van der Waals surface area contributed by atoms with Gasteiger partial charge in [0.1, 0.15) is 5.82 Å². The molecule has 4 heteroatoms. The molecule has 0 aliphatic heterocycles. The fourth-order valence-corrected chi connectivity index (χ4v) is 2.70. The lowest BCUT2D eigenvalue weighted by Crippen LogP contribution is -2.18. The van der Waals surface area contributed by atoms with Gasteiger partial charge in [-0.1, -0.05) is 24.3 Å². The minimum Gasteiger partial charge on any atom is -0.355 e. The lowest BCUT2D eigenvalue weighted by Gasteiger charge is -2.20. The van der Waals surface area contributed by atoms with Gasteiger partial charge in [0, 0.05) is 43.4 Å². The van der Waals surface area contributed by atoms with Crippen molar-refractivity contribution in [2.45, 2.75) is 12.4 Å². The van der Waals surface area contributed by atoms with Crippen molar-refractivity contribution < 1.29 is 0 Å². The van der Waals surface area contributed by atoms with E-state index in [9.17, 15) is 0 Å². The van der Waals surface area contributed by atoms with Crippen LogP contribution in [0.5, 0.6) is 0 Å². The second-order valence-electron chi connectivity index (χ2n) is 5.00. The van der Waals surface area contributed by atoms with Crippen LogP contribution in [0.4, 0.5) is 5.82 Å². The monoisotopic (exact) mass is 297 g/mol. The molecule has 21 heavy (non-hydrogen) atoms. The van der Waals surface area contributed by atoms with Crippen molar-refractivity contribution in [3.63, 3.8) is 0 Å². The van der Waals surface area contributed by atoms with Gasteiger partial charge in [-0.25, -0.2) is 4.98 Å². The van der Waals surface area contributed by atoms with Crippen molar-refractivity contribution in [3.8, 4) is 0 Å². The lowest BCUT2D eigenvalue weighted by atomic mass is 10.1. The summed E-state index contributed by atoms with van der Waals surface area (Å²) >= 11 is 6.01. The van der Waals surface area contributed by atoms with Crippen LogP contribution in [0, 0.1) is 0 Å². The van der Waals surface area contributed by atoms with E-state index >= 15 is 0 Å². The van der Waals surface area contributed by atoms with Crippen LogP contribution in [-0.4, -0.2) is 17.0 Å². The van der Waals surface area contributed by atoms with Crippen molar-refractivity contribution in [2.24, 2.45) is 0 Å². The molecule has 0 aliphatic rings. The van der Waals surface area contributed by atoms with Gasteiger partial charge < -0.3 is 4.90 Å². The van der Waals surface area contributed by atoms with Crippen LogP contribution in [0.1, 0.15) is 11.1 Å². The van der Waals surface area contributed by atoms with Crippen LogP contribution in [0.25, 0.3) is 10.8 Å². The molecule has 3 aromatic rings. The fraction of sp³-hybridized carbons (Fsp3) is 0.176. The summed E-state index contributed by atoms with van der Waals surface area (Å²) in [4.78, 5) is 10.8. The Hall–Kier alpha value is -2.13. The number of rotatable bonds is 4. The Morgan fingerprint density at radius 2 is 1.76 bits per heavy atom. The van der Waals surface area contributed by atoms with Gasteiger partial charge >= 0.3 is 0 Å². The van der Waals surface area contributed by atoms with Crippen molar-refractivity contribution in [1.29, 1.82) is 0 Å². The second-order valence-corrected chi connectivity index (χ2v) is 5.27. The van der Waals surface area contributed by atoms with Gasteiger partial charge in [-0.05, 0) is 28.6 Å². The summed E-state index contributed by atoms with van der Waals surface area (Å²) in [7, 11) is 2.05. The Bertz CT molecular complexity index is 743. The zero-order chi connectivity index (χ0) is 14.7. The zero-order valence-electron chi connectivity index (χ0n) is 11.8. The van der Waals surface area contributed by atoms with Crippen LogP contribution >= 0.6 is 11.6 Å². The summed E-state index contributed by atoms with van der Waals surface area (Å²) < 4.78 is 0. The number of aromatic nitrogens is 2. The predicted molar refractivity (Wildman–Crippen MR) is 87.6 cm³/mol. The first-order valence-electron chi connectivity index (χ1n) is 6.82. The van der Waals surface area contributed by atoms with Crippen molar-refractivity contribution in [1.82, 2.24) is 9.97 Å². The standard InChI is InChI=1S/C17H16ClN3/c1-21(12-13-6-8-19-9-7-13)17-16-5-3-2-4-15(16)14(10-18)11-20-17/h2-9,11H,10,12H2,1H3. The molecule has 2 aromatic heterocycles. The first-order chi connectivity index (χ1) is 10.3. The summed E-state index contributed by atoms with van der Waals surface area (Å²) in [6.45, 7) is 0.791. The molecule has 0 saturated heterocycles. The number of fused-ring (bicyclic) bond motifs is 1. The van der Waals surface area contributed by atoms with E-state index in [1.54, 1.807) is 0 Å². The summed E-state index contributed by atoms with van der Waals surface area (Å²) in [5, 5.41) is 2.30. The SMILES string of the molecule is CN(Cc1ccncc1)c1ncc(CCl)c2ccccc12. The lowest BCUT2D eigenvalue weighted by molar-refractivity contribution is 0.901. The number of alkyl halides is 1. The third kappa shape index (κ3) is 2.83. The van der Waals surface area contributed by atoms with Crippen LogP contribution in [0.2, 0.25) is 0 Å². The number of pyridine rings is 2. The predicted octanol–water partition coefficient (Wildman–Crippen LogP) is 4.01. The molecular weight excluding hydrogens is 282 g/mol. The van der Waals surface area contributed by atoms with Gasteiger partial charge in [-0.3, -0.25) is 4.98 Å². The highest BCUT2D eigenvalue weighted by atomic mass is 35.5. The zero-order valence-corrected chi connectivity index (χ0v) is 12.6. The number of hydrogen-bond acceptors (Lipinski definition) is 3. The first kappa shape index (κ1) is 13.8. The normalized spacial score (nSPS) is 10.8. The number of hydrogen-bond donors (Lipinski definition) is 0. The molecule has 0 atom stereocenters. The Kier molecular flexibility index (Phi) is 4.02. The van der Waals surface area contributed by atoms with E-state index in [4.69, 9.17) is 11.6 Å². The molecule has 3 rings (SSSR count). The highest BCUT2D eigenvalue weighted by Gasteiger charge is 2.10. The molecular formula is C17H16ClN3. The maximum atomic E-state index is 6.01. The van der Waals surface area contributed by atoms with Gasteiger partial charge in [0.15, 0.2) is 0 Å². The molecule has 0 saturated carbocycles. The summed E-state index contributed by atoms with van der Waals surface area (Å²) in [6.07, 6.45) is 5.49. The van der Waals surface area contributed by atoms with Gasteiger partial charge in [0.25, 0.3) is 0 Å². The largest absolute Gasteiger partial charge is 0.355 e. The molecule has 3 nitrogen and oxygen atoms in total. The van der Waals surface area contributed by atoms with Gasteiger partial charge in [-0.2, -0.15) is 0 Å². The molecule has 1 aromatic carbocycles. The number of halogens is 1. The molecule has 2 heterocycles. The van der Waals surface area contributed by atoms with Crippen molar-refractivity contribution in [3.05, 3.63) is 66.1 Å². The van der Waals surface area contributed by atoms with E-state index in [0.29, 0.717) is 5.88 Å². The summed E-state index contributed by atoms with van der Waals surface area (Å²) in [5.41, 5.74) is 2.27. The van der Waals surface area contributed by atoms with Crippen molar-refractivity contribution >= 4 is 28.2 Å². The number of anilines is 1. The molecule has 106 valence electrons. The fourth-order valence-electron chi connectivity index (χ4n) is 2.48. The van der Waals surface area contributed by atoms with E-state index in [1.165, 1.54) is 10.9 Å². The summed E-state index contributed by atoms with van der Waals surface area (Å²) in [6, 6.07) is 12.3. The molecule has 0 unspecified atom stereocenters. The minimum absolute atomic E-state index is 0.474. The Labute approximate surface area is 129 Å². The van der Waals surface area contributed by atoms with E-state index in [2.05, 4.69) is 34.0 Å². The summed E-state index contributed by atoms with van der Waals surface area (Å²) in [5.74, 6) is 1.44. The Balaban J connectivity index is 2.00. The minimum atomic E-state index is 0.474. The Morgan fingerprint density at radius 1 is 1.05 bits per heavy atom. The smallest absolute Gasteiger partial charge is 0.136 e. The van der Waals surface area contributed by atoms with Crippen molar-refractivity contribution in [2.75, 3.05) is 11.9 Å². The highest BCUT2D eigenvalue weighted by molar-refractivity contribution is 6.18. The topological polar surface area (TPSA) is 29.0 Å². The van der Waals surface area contributed by atoms with Crippen LogP contribution in [-0.2, 0) is 12.4 Å².